The van der Waals surface area contributed by atoms with Crippen molar-refractivity contribution < 1.29 is 8.42 Å². The summed E-state index contributed by atoms with van der Waals surface area (Å²) in [6, 6.07) is 1.24. The number of aromatic nitrogens is 1. The van der Waals surface area contributed by atoms with Crippen LogP contribution in [0.4, 0.5) is 0 Å². The molecule has 13 heavy (non-hydrogen) atoms. The first-order valence-corrected chi connectivity index (χ1v) is 5.46. The highest BCUT2D eigenvalue weighted by molar-refractivity contribution is 7.89. The van der Waals surface area contributed by atoms with Gasteiger partial charge in [0.15, 0.2) is 0 Å². The topological polar surface area (TPSA) is 59.1 Å². The molecule has 1 rings (SSSR count). The number of pyridine rings is 1. The summed E-state index contributed by atoms with van der Waals surface area (Å²) in [4.78, 5) is 3.49. The summed E-state index contributed by atoms with van der Waals surface area (Å²) in [6.45, 7) is 0. The van der Waals surface area contributed by atoms with E-state index in [2.05, 4.69) is 9.71 Å². The van der Waals surface area contributed by atoms with Crippen LogP contribution in [0.25, 0.3) is 0 Å². The number of halogens is 2. The Labute approximate surface area is 85.9 Å². The molecule has 1 aromatic heterocycles. The summed E-state index contributed by atoms with van der Waals surface area (Å²) in [5.41, 5.74) is 0. The second-order valence-electron chi connectivity index (χ2n) is 2.15. The zero-order valence-corrected chi connectivity index (χ0v) is 8.91. The fourth-order valence-electron chi connectivity index (χ4n) is 0.702. The van der Waals surface area contributed by atoms with Crippen LogP contribution in [0.5, 0.6) is 0 Å². The fraction of sp³-hybridized carbons (Fsp3) is 0.167. The minimum atomic E-state index is -3.58. The summed E-state index contributed by atoms with van der Waals surface area (Å²) in [5, 5.41) is 0.122. The van der Waals surface area contributed by atoms with Crippen LogP contribution in [0, 0.1) is 0 Å². The molecule has 0 bridgehead atoms. The van der Waals surface area contributed by atoms with Crippen LogP contribution in [0.2, 0.25) is 10.2 Å². The Morgan fingerprint density at radius 2 is 2.08 bits per heavy atom. The number of nitrogens with one attached hydrogen (secondary N) is 1. The van der Waals surface area contributed by atoms with Crippen LogP contribution in [0.1, 0.15) is 0 Å². The van der Waals surface area contributed by atoms with Crippen LogP contribution < -0.4 is 4.72 Å². The van der Waals surface area contributed by atoms with Crippen molar-refractivity contribution >= 4 is 33.2 Å². The van der Waals surface area contributed by atoms with E-state index in [9.17, 15) is 8.42 Å². The van der Waals surface area contributed by atoms with E-state index in [1.54, 1.807) is 0 Å². The zero-order valence-electron chi connectivity index (χ0n) is 6.58. The Morgan fingerprint density at radius 1 is 1.46 bits per heavy atom. The van der Waals surface area contributed by atoms with Crippen LogP contribution in [0.15, 0.2) is 17.2 Å². The van der Waals surface area contributed by atoms with Crippen molar-refractivity contribution in [2.75, 3.05) is 7.05 Å². The molecule has 0 radical (unpaired) electrons. The summed E-state index contributed by atoms with van der Waals surface area (Å²) in [7, 11) is -2.30. The molecule has 4 nitrogen and oxygen atoms in total. The van der Waals surface area contributed by atoms with E-state index in [-0.39, 0.29) is 15.1 Å². The lowest BCUT2D eigenvalue weighted by Crippen LogP contribution is -2.19. The van der Waals surface area contributed by atoms with Crippen molar-refractivity contribution in [2.45, 2.75) is 4.90 Å². The predicted octanol–water partition coefficient (Wildman–Crippen LogP) is 1.30. The smallest absolute Gasteiger partial charge is 0.242 e. The minimum absolute atomic E-state index is 0.0984. The quantitative estimate of drug-likeness (QED) is 0.794. The van der Waals surface area contributed by atoms with Crippen LogP contribution in [0.3, 0.4) is 0 Å². The SMILES string of the molecule is CNS(=O)(=O)c1cc(Cl)cnc1Cl. The summed E-state index contributed by atoms with van der Waals surface area (Å²) in [6.07, 6.45) is 1.28. The molecule has 7 heteroatoms. The van der Waals surface area contributed by atoms with Crippen LogP contribution in [-0.2, 0) is 10.0 Å². The highest BCUT2D eigenvalue weighted by Crippen LogP contribution is 2.21. The van der Waals surface area contributed by atoms with Gasteiger partial charge in [0.25, 0.3) is 0 Å². The third-order valence-corrected chi connectivity index (χ3v) is 3.38. The van der Waals surface area contributed by atoms with Crippen molar-refractivity contribution in [3.63, 3.8) is 0 Å². The number of hydrogen-bond donors (Lipinski definition) is 1. The van der Waals surface area contributed by atoms with Gasteiger partial charge in [0, 0.05) is 6.20 Å². The van der Waals surface area contributed by atoms with E-state index in [1.165, 1.54) is 19.3 Å². The molecule has 0 spiro atoms. The minimum Gasteiger partial charge on any atom is -0.242 e. The zero-order chi connectivity index (χ0) is 10.1. The third kappa shape index (κ3) is 2.31. The van der Waals surface area contributed by atoms with Gasteiger partial charge >= 0.3 is 0 Å². The maximum absolute atomic E-state index is 11.3. The first kappa shape index (κ1) is 10.7. The van der Waals surface area contributed by atoms with Crippen molar-refractivity contribution in [1.82, 2.24) is 9.71 Å². The van der Waals surface area contributed by atoms with Crippen LogP contribution in [-0.4, -0.2) is 20.4 Å². The van der Waals surface area contributed by atoms with E-state index in [0.717, 1.165) is 0 Å². The number of sulfonamides is 1. The normalized spacial score (nSPS) is 11.6. The largest absolute Gasteiger partial charge is 0.243 e. The lowest BCUT2D eigenvalue weighted by molar-refractivity contribution is 0.588. The van der Waals surface area contributed by atoms with Crippen molar-refractivity contribution in [1.29, 1.82) is 0 Å². The van der Waals surface area contributed by atoms with Gasteiger partial charge in [-0.05, 0) is 13.1 Å². The molecular formula is C6H6Cl2N2O2S. The first-order chi connectivity index (χ1) is 5.97. The van der Waals surface area contributed by atoms with E-state index < -0.39 is 10.0 Å². The molecule has 0 amide bonds. The van der Waals surface area contributed by atoms with E-state index in [0.29, 0.717) is 0 Å². The molecule has 0 saturated heterocycles. The molecule has 0 aliphatic carbocycles. The predicted molar refractivity (Wildman–Crippen MR) is 50.5 cm³/mol. The Morgan fingerprint density at radius 3 is 2.62 bits per heavy atom. The van der Waals surface area contributed by atoms with Gasteiger partial charge in [-0.2, -0.15) is 0 Å². The maximum Gasteiger partial charge on any atom is 0.243 e. The summed E-state index contributed by atoms with van der Waals surface area (Å²) < 4.78 is 24.7. The molecule has 0 atom stereocenters. The molecule has 72 valence electrons. The second kappa shape index (κ2) is 3.79. The van der Waals surface area contributed by atoms with Gasteiger partial charge in [-0.3, -0.25) is 0 Å². The Bertz CT molecular complexity index is 419. The number of hydrogen-bond acceptors (Lipinski definition) is 3. The van der Waals surface area contributed by atoms with Gasteiger partial charge in [-0.25, -0.2) is 18.1 Å². The van der Waals surface area contributed by atoms with Crippen LogP contribution >= 0.6 is 23.2 Å². The monoisotopic (exact) mass is 240 g/mol. The van der Waals surface area contributed by atoms with E-state index in [4.69, 9.17) is 23.2 Å². The molecule has 0 aromatic carbocycles. The molecule has 1 N–H and O–H groups in total. The average Bonchev–Trinajstić information content (AvgIpc) is 2.09. The van der Waals surface area contributed by atoms with Gasteiger partial charge < -0.3 is 0 Å². The molecule has 0 aliphatic heterocycles. The van der Waals surface area contributed by atoms with Crippen molar-refractivity contribution in [3.8, 4) is 0 Å². The van der Waals surface area contributed by atoms with Crippen molar-refractivity contribution in [2.24, 2.45) is 0 Å². The van der Waals surface area contributed by atoms with E-state index >= 15 is 0 Å². The maximum atomic E-state index is 11.3. The number of rotatable bonds is 2. The third-order valence-electron chi connectivity index (χ3n) is 1.33. The number of nitrogens with zero attached hydrogens (tertiary/aromatic N) is 1. The Hall–Kier alpha value is -0.360. The molecule has 0 fully saturated rings. The highest BCUT2D eigenvalue weighted by Gasteiger charge is 2.16. The molecule has 0 unspecified atom stereocenters. The van der Waals surface area contributed by atoms with Gasteiger partial charge in [0.05, 0.1) is 5.02 Å². The fourth-order valence-corrected chi connectivity index (χ4v) is 2.11. The summed E-state index contributed by atoms with van der Waals surface area (Å²) >= 11 is 11.1. The Balaban J connectivity index is 3.38. The molecule has 0 aliphatic rings. The molecule has 1 aromatic rings. The van der Waals surface area contributed by atoms with Gasteiger partial charge in [-0.15, -0.1) is 0 Å². The summed E-state index contributed by atoms with van der Waals surface area (Å²) in [5.74, 6) is 0. The second-order valence-corrected chi connectivity index (χ2v) is 4.80. The first-order valence-electron chi connectivity index (χ1n) is 3.22. The highest BCUT2D eigenvalue weighted by atomic mass is 35.5. The lowest BCUT2D eigenvalue weighted by Gasteiger charge is -2.03. The van der Waals surface area contributed by atoms with Crippen molar-refractivity contribution in [3.05, 3.63) is 22.4 Å². The van der Waals surface area contributed by atoms with Gasteiger partial charge in [0.1, 0.15) is 10.0 Å². The van der Waals surface area contributed by atoms with E-state index in [1.807, 2.05) is 0 Å². The molecule has 1 heterocycles. The Kier molecular flexibility index (Phi) is 3.13. The van der Waals surface area contributed by atoms with Gasteiger partial charge in [-0.1, -0.05) is 23.2 Å². The standard InChI is InChI=1S/C6H6Cl2N2O2S/c1-9-13(11,12)5-2-4(7)3-10-6(5)8/h2-3,9H,1H3. The molecular weight excluding hydrogens is 235 g/mol. The average molecular weight is 241 g/mol. The molecule has 0 saturated carbocycles. The lowest BCUT2D eigenvalue weighted by atomic mass is 10.5. The van der Waals surface area contributed by atoms with Gasteiger partial charge in [0.2, 0.25) is 10.0 Å².